The molecule has 2 rings (SSSR count). The van der Waals surface area contributed by atoms with Crippen LogP contribution >= 0.6 is 0 Å². The van der Waals surface area contributed by atoms with Crippen LogP contribution in [0.1, 0.15) is 6.42 Å². The highest BCUT2D eigenvalue weighted by Gasteiger charge is 2.55. The lowest BCUT2D eigenvalue weighted by Crippen LogP contribution is -2.31. The highest BCUT2D eigenvalue weighted by atomic mass is 19.4. The summed E-state index contributed by atoms with van der Waals surface area (Å²) in [5.74, 6) is -1.59. The highest BCUT2D eigenvalue weighted by Crippen LogP contribution is 2.49. The van der Waals surface area contributed by atoms with Crippen LogP contribution in [0.15, 0.2) is 6.20 Å². The maximum Gasteiger partial charge on any atom is 0.392 e. The molecule has 2 amide bonds. The molecule has 9 heteroatoms. The molecule has 1 heterocycles. The normalized spacial score (nSPS) is 21.4. The molecule has 0 aromatic carbocycles. The van der Waals surface area contributed by atoms with Gasteiger partial charge in [-0.15, -0.1) is 5.10 Å². The number of hydrogen-bond donors (Lipinski definition) is 2. The standard InChI is InChI=1S/C11H15F3N4O2/c1-18-5-8(9(17-18)20-2)16-10(19)15-4-6-3-7(6)11(12,13)14/h5-7H,3-4H2,1-2H3,(H2,15,16,19)/t6-,7+/m0/s1. The Morgan fingerprint density at radius 1 is 1.60 bits per heavy atom. The van der Waals surface area contributed by atoms with Gasteiger partial charge in [0.2, 0.25) is 0 Å². The summed E-state index contributed by atoms with van der Waals surface area (Å²) in [7, 11) is 3.06. The molecule has 1 saturated carbocycles. The maximum atomic E-state index is 12.3. The monoisotopic (exact) mass is 292 g/mol. The van der Waals surface area contributed by atoms with Crippen molar-refractivity contribution in [2.75, 3.05) is 19.0 Å². The Hall–Kier alpha value is -1.93. The SMILES string of the molecule is COc1nn(C)cc1NC(=O)NC[C@@H]1C[C@H]1C(F)(F)F. The fraction of sp³-hybridized carbons (Fsp3) is 0.636. The number of carbonyl (C=O) groups excluding carboxylic acids is 1. The summed E-state index contributed by atoms with van der Waals surface area (Å²) in [4.78, 5) is 11.6. The van der Waals surface area contributed by atoms with Gasteiger partial charge in [-0.25, -0.2) is 4.79 Å². The fourth-order valence-electron chi connectivity index (χ4n) is 1.97. The topological polar surface area (TPSA) is 68.2 Å². The van der Waals surface area contributed by atoms with Gasteiger partial charge in [0.05, 0.1) is 19.2 Å². The van der Waals surface area contributed by atoms with Crippen LogP contribution < -0.4 is 15.4 Å². The third-order valence-electron chi connectivity index (χ3n) is 3.10. The quantitative estimate of drug-likeness (QED) is 0.888. The summed E-state index contributed by atoms with van der Waals surface area (Å²) >= 11 is 0. The van der Waals surface area contributed by atoms with E-state index in [2.05, 4.69) is 15.7 Å². The Labute approximate surface area is 113 Å². The lowest BCUT2D eigenvalue weighted by Gasteiger charge is -2.08. The van der Waals surface area contributed by atoms with Crippen molar-refractivity contribution in [1.29, 1.82) is 0 Å². The molecular formula is C11H15F3N4O2. The van der Waals surface area contributed by atoms with E-state index < -0.39 is 24.0 Å². The van der Waals surface area contributed by atoms with E-state index in [1.165, 1.54) is 18.0 Å². The first-order valence-corrected chi connectivity index (χ1v) is 6.00. The van der Waals surface area contributed by atoms with Gasteiger partial charge >= 0.3 is 12.2 Å². The zero-order chi connectivity index (χ0) is 14.9. The largest absolute Gasteiger partial charge is 0.478 e. The maximum absolute atomic E-state index is 12.3. The van der Waals surface area contributed by atoms with Crippen LogP contribution in [0.2, 0.25) is 0 Å². The van der Waals surface area contributed by atoms with Gasteiger partial charge in [-0.1, -0.05) is 0 Å². The number of hydrogen-bond acceptors (Lipinski definition) is 3. The van der Waals surface area contributed by atoms with E-state index in [-0.39, 0.29) is 18.8 Å². The number of alkyl halides is 3. The Morgan fingerprint density at radius 2 is 2.30 bits per heavy atom. The molecule has 2 N–H and O–H groups in total. The van der Waals surface area contributed by atoms with E-state index in [0.29, 0.717) is 5.69 Å². The van der Waals surface area contributed by atoms with Crippen LogP contribution in [0.4, 0.5) is 23.7 Å². The number of halogens is 3. The number of nitrogens with zero attached hydrogens (tertiary/aromatic N) is 2. The minimum absolute atomic E-state index is 0.00140. The first kappa shape index (κ1) is 14.5. The number of carbonyl (C=O) groups is 1. The average Bonchev–Trinajstić information content (AvgIpc) is 3.05. The molecule has 2 atom stereocenters. The molecule has 1 fully saturated rings. The van der Waals surface area contributed by atoms with E-state index in [0.717, 1.165) is 0 Å². The van der Waals surface area contributed by atoms with Gasteiger partial charge in [-0.05, 0) is 12.3 Å². The summed E-state index contributed by atoms with van der Waals surface area (Å²) in [6.07, 6.45) is -2.57. The molecule has 1 aliphatic rings. The van der Waals surface area contributed by atoms with Crippen molar-refractivity contribution in [2.24, 2.45) is 18.9 Å². The lowest BCUT2D eigenvalue weighted by atomic mass is 10.3. The summed E-state index contributed by atoms with van der Waals surface area (Å²) < 4.78 is 43.3. The zero-order valence-electron chi connectivity index (χ0n) is 11.0. The minimum Gasteiger partial charge on any atom is -0.478 e. The van der Waals surface area contributed by atoms with Crippen LogP contribution in [0.5, 0.6) is 5.88 Å². The molecule has 6 nitrogen and oxygen atoms in total. The average molecular weight is 292 g/mol. The van der Waals surface area contributed by atoms with E-state index in [9.17, 15) is 18.0 Å². The van der Waals surface area contributed by atoms with Crippen molar-refractivity contribution in [3.63, 3.8) is 0 Å². The van der Waals surface area contributed by atoms with Gasteiger partial charge in [-0.2, -0.15) is 13.2 Å². The number of aromatic nitrogens is 2. The molecular weight excluding hydrogens is 277 g/mol. The van der Waals surface area contributed by atoms with Gasteiger partial charge in [0.1, 0.15) is 5.69 Å². The van der Waals surface area contributed by atoms with Gasteiger partial charge < -0.3 is 15.4 Å². The predicted octanol–water partition coefficient (Wildman–Crippen LogP) is 1.75. The molecule has 1 aromatic rings. The molecule has 0 aliphatic heterocycles. The molecule has 112 valence electrons. The Kier molecular flexibility index (Phi) is 3.78. The second-order valence-electron chi connectivity index (χ2n) is 4.70. The Morgan fingerprint density at radius 3 is 2.85 bits per heavy atom. The van der Waals surface area contributed by atoms with Gasteiger partial charge in [0, 0.05) is 13.6 Å². The number of aryl methyl sites for hydroxylation is 1. The number of urea groups is 1. The van der Waals surface area contributed by atoms with Crippen molar-refractivity contribution in [2.45, 2.75) is 12.6 Å². The number of anilines is 1. The van der Waals surface area contributed by atoms with Crippen LogP contribution in [0.3, 0.4) is 0 Å². The third-order valence-corrected chi connectivity index (χ3v) is 3.10. The van der Waals surface area contributed by atoms with Crippen LogP contribution in [-0.4, -0.2) is 35.6 Å². The van der Waals surface area contributed by atoms with Crippen molar-refractivity contribution in [1.82, 2.24) is 15.1 Å². The molecule has 0 bridgehead atoms. The van der Waals surface area contributed by atoms with Gasteiger partial charge in [0.25, 0.3) is 5.88 Å². The molecule has 0 radical (unpaired) electrons. The van der Waals surface area contributed by atoms with Gasteiger partial charge in [0.15, 0.2) is 0 Å². The zero-order valence-corrected chi connectivity index (χ0v) is 11.0. The van der Waals surface area contributed by atoms with Crippen LogP contribution in [0, 0.1) is 11.8 Å². The molecule has 1 aliphatic carbocycles. The number of rotatable bonds is 4. The van der Waals surface area contributed by atoms with Crippen molar-refractivity contribution >= 4 is 11.7 Å². The van der Waals surface area contributed by atoms with E-state index in [4.69, 9.17) is 4.74 Å². The Bertz CT molecular complexity index is 500. The molecule has 20 heavy (non-hydrogen) atoms. The van der Waals surface area contributed by atoms with E-state index in [1.54, 1.807) is 7.05 Å². The summed E-state index contributed by atoms with van der Waals surface area (Å²) in [5.41, 5.74) is 0.357. The number of amides is 2. The van der Waals surface area contributed by atoms with E-state index in [1.807, 2.05) is 0 Å². The van der Waals surface area contributed by atoms with E-state index >= 15 is 0 Å². The molecule has 0 saturated heterocycles. The first-order chi connectivity index (χ1) is 9.31. The number of nitrogens with one attached hydrogen (secondary N) is 2. The lowest BCUT2D eigenvalue weighted by molar-refractivity contribution is -0.150. The third kappa shape index (κ3) is 3.34. The van der Waals surface area contributed by atoms with Crippen LogP contribution in [-0.2, 0) is 7.05 Å². The smallest absolute Gasteiger partial charge is 0.392 e. The predicted molar refractivity (Wildman–Crippen MR) is 64.4 cm³/mol. The highest BCUT2D eigenvalue weighted by molar-refractivity contribution is 5.90. The summed E-state index contributed by atoms with van der Waals surface area (Å²) in [5, 5.41) is 8.83. The van der Waals surface area contributed by atoms with Crippen molar-refractivity contribution < 1.29 is 22.7 Å². The fourth-order valence-corrected chi connectivity index (χ4v) is 1.97. The first-order valence-electron chi connectivity index (χ1n) is 6.00. The van der Waals surface area contributed by atoms with Crippen LogP contribution in [0.25, 0.3) is 0 Å². The summed E-state index contributed by atoms with van der Waals surface area (Å²) in [6, 6.07) is -0.580. The van der Waals surface area contributed by atoms with Crippen molar-refractivity contribution in [3.8, 4) is 5.88 Å². The second-order valence-corrected chi connectivity index (χ2v) is 4.70. The number of ether oxygens (including phenoxy) is 1. The van der Waals surface area contributed by atoms with Gasteiger partial charge in [-0.3, -0.25) is 4.68 Å². The Balaban J connectivity index is 1.79. The molecule has 0 unspecified atom stereocenters. The minimum atomic E-state index is -4.17. The van der Waals surface area contributed by atoms with Crippen molar-refractivity contribution in [3.05, 3.63) is 6.20 Å². The molecule has 1 aromatic heterocycles. The summed E-state index contributed by atoms with van der Waals surface area (Å²) in [6.45, 7) is -0.00140. The second kappa shape index (κ2) is 5.22. The number of methoxy groups -OCH3 is 1. The molecule has 0 spiro atoms.